The first kappa shape index (κ1) is 13.3. The third-order valence-corrected chi connectivity index (χ3v) is 5.02. The van der Waals surface area contributed by atoms with Crippen LogP contribution in [0, 0.1) is 0 Å². The second kappa shape index (κ2) is 5.51. The van der Waals surface area contributed by atoms with E-state index >= 15 is 0 Å². The molecule has 0 aromatic heterocycles. The molecule has 0 bridgehead atoms. The van der Waals surface area contributed by atoms with Crippen molar-refractivity contribution < 1.29 is 13.9 Å². The Morgan fingerprint density at radius 3 is 2.50 bits per heavy atom. The highest BCUT2D eigenvalue weighted by Crippen LogP contribution is 2.47. The van der Waals surface area contributed by atoms with Crippen LogP contribution in [0.2, 0.25) is 5.02 Å². The lowest BCUT2D eigenvalue weighted by atomic mass is 10.2. The summed E-state index contributed by atoms with van der Waals surface area (Å²) in [5.74, 6) is 0.339. The van der Waals surface area contributed by atoms with Crippen LogP contribution in [0.4, 0.5) is 0 Å². The van der Waals surface area contributed by atoms with Crippen molar-refractivity contribution in [2.45, 2.75) is 13.8 Å². The molecule has 0 N–H and O–H groups in total. The molecule has 0 saturated heterocycles. The molecule has 0 heterocycles. The molecule has 0 aliphatic carbocycles. The summed E-state index contributed by atoms with van der Waals surface area (Å²) in [5, 5.41) is 0.456. The van der Waals surface area contributed by atoms with Crippen LogP contribution in [0.1, 0.15) is 24.2 Å². The number of halogens is 1. The summed E-state index contributed by atoms with van der Waals surface area (Å²) in [6.45, 7) is 3.61. The van der Waals surface area contributed by atoms with E-state index in [9.17, 15) is 9.36 Å². The molecule has 0 saturated carbocycles. The molecule has 1 aromatic carbocycles. The van der Waals surface area contributed by atoms with Crippen LogP contribution in [-0.4, -0.2) is 18.6 Å². The Balaban J connectivity index is 3.05. The number of carbonyl (C=O) groups excluding carboxylic acids is 1. The molecule has 3 nitrogen and oxygen atoms in total. The van der Waals surface area contributed by atoms with E-state index in [0.717, 1.165) is 0 Å². The van der Waals surface area contributed by atoms with Gasteiger partial charge in [-0.3, -0.25) is 9.36 Å². The maximum atomic E-state index is 12.1. The van der Waals surface area contributed by atoms with Gasteiger partial charge in [-0.15, -0.1) is 0 Å². The van der Waals surface area contributed by atoms with Gasteiger partial charge in [-0.1, -0.05) is 25.4 Å². The zero-order valence-corrected chi connectivity index (χ0v) is 10.9. The Morgan fingerprint density at radius 1 is 1.38 bits per heavy atom. The number of aldehydes is 1. The van der Waals surface area contributed by atoms with Crippen LogP contribution in [0.5, 0.6) is 5.75 Å². The number of hydrogen-bond acceptors (Lipinski definition) is 3. The summed E-state index contributed by atoms with van der Waals surface area (Å²) in [4.78, 5) is 10.8. The Hall–Kier alpha value is -0.790. The van der Waals surface area contributed by atoms with E-state index in [4.69, 9.17) is 16.1 Å². The monoisotopic (exact) mass is 260 g/mol. The highest BCUT2D eigenvalue weighted by Gasteiger charge is 2.20. The maximum Gasteiger partial charge on any atom is 0.247 e. The summed E-state index contributed by atoms with van der Waals surface area (Å²) < 4.78 is 17.5. The van der Waals surface area contributed by atoms with Gasteiger partial charge in [0.1, 0.15) is 5.75 Å². The zero-order valence-electron chi connectivity index (χ0n) is 9.27. The molecule has 0 unspecified atom stereocenters. The smallest absolute Gasteiger partial charge is 0.247 e. The quantitative estimate of drug-likeness (QED) is 0.597. The van der Waals surface area contributed by atoms with E-state index in [2.05, 4.69) is 0 Å². The third-order valence-electron chi connectivity index (χ3n) is 2.33. The Labute approximate surface area is 100 Å². The van der Waals surface area contributed by atoms with Crippen LogP contribution in [-0.2, 0) is 4.57 Å². The van der Waals surface area contributed by atoms with Gasteiger partial charge in [-0.25, -0.2) is 0 Å². The summed E-state index contributed by atoms with van der Waals surface area (Å²) in [6, 6.07) is 4.68. The molecule has 0 amide bonds. The summed E-state index contributed by atoms with van der Waals surface area (Å²) in [5.41, 5.74) is 0.328. The molecule has 1 rings (SSSR count). The van der Waals surface area contributed by atoms with E-state index in [0.29, 0.717) is 34.9 Å². The molecule has 0 radical (unpaired) electrons. The predicted molar refractivity (Wildman–Crippen MR) is 66.2 cm³/mol. The number of benzene rings is 1. The van der Waals surface area contributed by atoms with Crippen molar-refractivity contribution in [1.82, 2.24) is 0 Å². The number of carbonyl (C=O) groups is 1. The topological polar surface area (TPSA) is 43.4 Å². The maximum absolute atomic E-state index is 12.1. The Bertz CT molecular complexity index is 423. The van der Waals surface area contributed by atoms with E-state index < -0.39 is 7.37 Å². The highest BCUT2D eigenvalue weighted by molar-refractivity contribution is 7.59. The minimum atomic E-state index is -2.66. The van der Waals surface area contributed by atoms with E-state index in [-0.39, 0.29) is 0 Å². The first-order valence-electron chi connectivity index (χ1n) is 5.07. The van der Waals surface area contributed by atoms with Crippen molar-refractivity contribution in [3.8, 4) is 5.75 Å². The molecule has 0 aliphatic heterocycles. The van der Waals surface area contributed by atoms with Gasteiger partial charge < -0.3 is 4.52 Å². The van der Waals surface area contributed by atoms with Crippen molar-refractivity contribution in [3.05, 3.63) is 28.8 Å². The lowest BCUT2D eigenvalue weighted by molar-refractivity contribution is 0.112. The van der Waals surface area contributed by atoms with Crippen molar-refractivity contribution in [3.63, 3.8) is 0 Å². The standard InChI is InChI=1S/C11H14ClO3P/c1-3-16(14,4-2)15-11-6-5-10(12)7-9(11)8-13/h5-8H,3-4H2,1-2H3. The molecule has 0 aliphatic rings. The van der Waals surface area contributed by atoms with Crippen molar-refractivity contribution >= 4 is 25.3 Å². The predicted octanol–water partition coefficient (Wildman–Crippen LogP) is 3.85. The second-order valence-electron chi connectivity index (χ2n) is 3.34. The van der Waals surface area contributed by atoms with E-state index in [1.165, 1.54) is 6.07 Å². The van der Waals surface area contributed by atoms with Crippen LogP contribution in [0.25, 0.3) is 0 Å². The van der Waals surface area contributed by atoms with E-state index in [1.54, 1.807) is 26.0 Å². The Kier molecular flexibility index (Phi) is 4.57. The van der Waals surface area contributed by atoms with Crippen LogP contribution in [0.15, 0.2) is 18.2 Å². The fourth-order valence-corrected chi connectivity index (χ4v) is 2.64. The summed E-state index contributed by atoms with van der Waals surface area (Å²) in [6.07, 6.45) is 1.55. The molecule has 88 valence electrons. The SMILES string of the molecule is CCP(=O)(CC)Oc1ccc(Cl)cc1C=O. The fourth-order valence-electron chi connectivity index (χ4n) is 1.23. The minimum absolute atomic E-state index is 0.328. The van der Waals surface area contributed by atoms with Gasteiger partial charge in [0.15, 0.2) is 6.29 Å². The number of hydrogen-bond donors (Lipinski definition) is 0. The first-order chi connectivity index (χ1) is 7.54. The number of rotatable bonds is 5. The van der Waals surface area contributed by atoms with Crippen LogP contribution >= 0.6 is 19.0 Å². The van der Waals surface area contributed by atoms with Gasteiger partial charge in [0.2, 0.25) is 7.37 Å². The van der Waals surface area contributed by atoms with Gasteiger partial charge >= 0.3 is 0 Å². The van der Waals surface area contributed by atoms with Gasteiger partial charge in [-0.05, 0) is 18.2 Å². The molecule has 16 heavy (non-hydrogen) atoms. The summed E-state index contributed by atoms with van der Waals surface area (Å²) >= 11 is 5.75. The first-order valence-corrected chi connectivity index (χ1v) is 7.44. The van der Waals surface area contributed by atoms with Crippen molar-refractivity contribution in [2.75, 3.05) is 12.3 Å². The van der Waals surface area contributed by atoms with Gasteiger partial charge in [0.05, 0.1) is 5.56 Å². The molecule has 0 spiro atoms. The van der Waals surface area contributed by atoms with Crippen LogP contribution in [0.3, 0.4) is 0 Å². The lowest BCUT2D eigenvalue weighted by Crippen LogP contribution is -2.00. The molecule has 5 heteroatoms. The summed E-state index contributed by atoms with van der Waals surface area (Å²) in [7, 11) is -2.66. The largest absolute Gasteiger partial charge is 0.442 e. The van der Waals surface area contributed by atoms with E-state index in [1.807, 2.05) is 0 Å². The fraction of sp³-hybridized carbons (Fsp3) is 0.364. The third kappa shape index (κ3) is 3.10. The average Bonchev–Trinajstić information content (AvgIpc) is 2.31. The van der Waals surface area contributed by atoms with Gasteiger partial charge in [0.25, 0.3) is 0 Å². The average molecular weight is 261 g/mol. The molecule has 0 fully saturated rings. The van der Waals surface area contributed by atoms with Crippen molar-refractivity contribution in [2.24, 2.45) is 0 Å². The lowest BCUT2D eigenvalue weighted by Gasteiger charge is -2.17. The second-order valence-corrected chi connectivity index (χ2v) is 6.85. The van der Waals surface area contributed by atoms with Crippen molar-refractivity contribution in [1.29, 1.82) is 0 Å². The molecule has 1 aromatic rings. The van der Waals surface area contributed by atoms with Crippen LogP contribution < -0.4 is 4.52 Å². The molecular formula is C11H14ClO3P. The normalized spacial score (nSPS) is 11.2. The molecular weight excluding hydrogens is 247 g/mol. The Morgan fingerprint density at radius 2 is 2.00 bits per heavy atom. The minimum Gasteiger partial charge on any atom is -0.442 e. The molecule has 0 atom stereocenters. The highest BCUT2D eigenvalue weighted by atomic mass is 35.5. The van der Waals surface area contributed by atoms with Gasteiger partial charge in [-0.2, -0.15) is 0 Å². The van der Waals surface area contributed by atoms with Gasteiger partial charge in [0, 0.05) is 17.3 Å². The zero-order chi connectivity index (χ0) is 12.2.